The second-order valence-corrected chi connectivity index (χ2v) is 9.37. The van der Waals surface area contributed by atoms with Crippen LogP contribution in [-0.4, -0.2) is 39.8 Å². The van der Waals surface area contributed by atoms with Crippen LogP contribution >= 0.6 is 0 Å². The number of benzene rings is 2. The Labute approximate surface area is 226 Å². The monoisotopic (exact) mass is 549 g/mol. The van der Waals surface area contributed by atoms with E-state index in [2.05, 4.69) is 9.97 Å². The molecule has 206 valence electrons. The Morgan fingerprint density at radius 1 is 1.18 bits per heavy atom. The third-order valence-electron chi connectivity index (χ3n) is 6.72. The number of anilines is 2. The van der Waals surface area contributed by atoms with Crippen molar-refractivity contribution in [1.29, 1.82) is 0 Å². The summed E-state index contributed by atoms with van der Waals surface area (Å²) in [5.41, 5.74) is 11.3. The molecule has 40 heavy (non-hydrogen) atoms. The Bertz CT molecular complexity index is 1770. The van der Waals surface area contributed by atoms with E-state index in [9.17, 15) is 14.7 Å². The van der Waals surface area contributed by atoms with Crippen LogP contribution in [0, 0.1) is 11.6 Å². The van der Waals surface area contributed by atoms with Gasteiger partial charge in [0.1, 0.15) is 17.2 Å². The molecule has 0 unspecified atom stereocenters. The average molecular weight is 550 g/mol. The van der Waals surface area contributed by atoms with Crippen LogP contribution in [0.2, 0.25) is 0 Å². The maximum atomic E-state index is 15.9. The highest BCUT2D eigenvalue weighted by Crippen LogP contribution is 2.39. The van der Waals surface area contributed by atoms with Crippen LogP contribution in [0.5, 0.6) is 11.5 Å². The lowest BCUT2D eigenvalue weighted by molar-refractivity contribution is 0.0694. The molecular weight excluding hydrogens is 524 g/mol. The van der Waals surface area contributed by atoms with Crippen molar-refractivity contribution in [3.05, 3.63) is 80.3 Å². The third kappa shape index (κ3) is 4.79. The molecule has 0 atom stereocenters. The Morgan fingerprint density at radius 3 is 2.55 bits per heavy atom. The zero-order chi connectivity index (χ0) is 28.7. The lowest BCUT2D eigenvalue weighted by Gasteiger charge is -2.15. The first-order chi connectivity index (χ1) is 19.1. The number of nitrogens with zero attached hydrogens (tertiary/aromatic N) is 3. The summed E-state index contributed by atoms with van der Waals surface area (Å²) in [6, 6.07) is 4.18. The standard InChI is InChI=1S/C28H25F2N5O5/c1-39-21-9-13(8-15-11-33-28(32)34-26(15)31)7-14(25(21)40-2)3-6-17-20(29)10-18-23(22(17)30)35(16-4-5-16)12-19(24(18)36)27(37)38/h3,6-7,9-12,16H,4-5,8H2,1-2H3,(H,37,38)(H4,31,32,33,34)/b6-3-. The summed E-state index contributed by atoms with van der Waals surface area (Å²) in [6.07, 6.45) is 7.03. The van der Waals surface area contributed by atoms with E-state index in [0.717, 1.165) is 17.8 Å². The summed E-state index contributed by atoms with van der Waals surface area (Å²) in [7, 11) is 2.90. The summed E-state index contributed by atoms with van der Waals surface area (Å²) in [5, 5.41) is 9.11. The first-order valence-corrected chi connectivity index (χ1v) is 12.2. The summed E-state index contributed by atoms with van der Waals surface area (Å²) in [6.45, 7) is 0. The molecule has 0 amide bonds. The molecular formula is C28H25F2N5O5. The van der Waals surface area contributed by atoms with E-state index in [0.29, 0.717) is 41.9 Å². The third-order valence-corrected chi connectivity index (χ3v) is 6.72. The lowest BCUT2D eigenvalue weighted by Crippen LogP contribution is -2.20. The van der Waals surface area contributed by atoms with Crippen LogP contribution in [0.15, 0.2) is 35.4 Å². The minimum Gasteiger partial charge on any atom is -0.493 e. The number of nitrogens with two attached hydrogens (primary N) is 2. The molecule has 1 aliphatic carbocycles. The zero-order valence-electron chi connectivity index (χ0n) is 21.6. The lowest BCUT2D eigenvalue weighted by atomic mass is 10.0. The van der Waals surface area contributed by atoms with Crippen LogP contribution in [0.1, 0.15) is 51.5 Å². The average Bonchev–Trinajstić information content (AvgIpc) is 3.75. The van der Waals surface area contributed by atoms with Gasteiger partial charge in [-0.05, 0) is 42.7 Å². The van der Waals surface area contributed by atoms with Crippen molar-refractivity contribution in [2.24, 2.45) is 0 Å². The van der Waals surface area contributed by atoms with Crippen molar-refractivity contribution in [3.63, 3.8) is 0 Å². The molecule has 0 bridgehead atoms. The number of nitrogen functional groups attached to an aromatic ring is 2. The zero-order valence-corrected chi connectivity index (χ0v) is 21.6. The van der Waals surface area contributed by atoms with Crippen LogP contribution in [0.25, 0.3) is 23.1 Å². The number of ether oxygens (including phenoxy) is 2. The Morgan fingerprint density at radius 2 is 1.93 bits per heavy atom. The highest BCUT2D eigenvalue weighted by molar-refractivity contribution is 5.94. The van der Waals surface area contributed by atoms with Gasteiger partial charge in [0.2, 0.25) is 11.4 Å². The van der Waals surface area contributed by atoms with Gasteiger partial charge >= 0.3 is 5.97 Å². The van der Waals surface area contributed by atoms with Crippen LogP contribution < -0.4 is 26.4 Å². The first-order valence-electron chi connectivity index (χ1n) is 12.2. The Balaban J connectivity index is 1.63. The van der Waals surface area contributed by atoms with E-state index in [4.69, 9.17) is 20.9 Å². The smallest absolute Gasteiger partial charge is 0.341 e. The van der Waals surface area contributed by atoms with Gasteiger partial charge in [0.05, 0.1) is 25.1 Å². The molecule has 2 aromatic heterocycles. The van der Waals surface area contributed by atoms with Gasteiger partial charge < -0.3 is 30.6 Å². The minimum atomic E-state index is -1.46. The van der Waals surface area contributed by atoms with Gasteiger partial charge in [-0.3, -0.25) is 4.79 Å². The number of hydrogen-bond donors (Lipinski definition) is 3. The number of aromatic carboxylic acids is 1. The Kier molecular flexibility index (Phi) is 6.84. The number of carbonyl (C=O) groups is 1. The van der Waals surface area contributed by atoms with Crippen molar-refractivity contribution >= 4 is 40.8 Å². The van der Waals surface area contributed by atoms with Crippen molar-refractivity contribution < 1.29 is 28.2 Å². The van der Waals surface area contributed by atoms with E-state index < -0.39 is 34.2 Å². The van der Waals surface area contributed by atoms with Crippen LogP contribution in [0.3, 0.4) is 0 Å². The molecule has 10 nitrogen and oxygen atoms in total. The number of pyridine rings is 1. The predicted octanol–water partition coefficient (Wildman–Crippen LogP) is 4.05. The number of fused-ring (bicyclic) bond motifs is 1. The minimum absolute atomic E-state index is 0.0444. The fourth-order valence-electron chi connectivity index (χ4n) is 4.64. The van der Waals surface area contributed by atoms with E-state index in [-0.39, 0.29) is 28.7 Å². The number of halogens is 2. The number of carboxylic acids is 1. The topological polar surface area (TPSA) is 156 Å². The predicted molar refractivity (Wildman–Crippen MR) is 145 cm³/mol. The number of rotatable bonds is 8. The van der Waals surface area contributed by atoms with E-state index in [1.165, 1.54) is 37.1 Å². The van der Waals surface area contributed by atoms with Crippen molar-refractivity contribution in [3.8, 4) is 11.5 Å². The van der Waals surface area contributed by atoms with Crippen molar-refractivity contribution in [1.82, 2.24) is 14.5 Å². The highest BCUT2D eigenvalue weighted by Gasteiger charge is 2.29. The molecule has 4 aromatic rings. The number of aromatic nitrogens is 3. The molecule has 1 aliphatic rings. The van der Waals surface area contributed by atoms with Crippen LogP contribution in [-0.2, 0) is 6.42 Å². The normalized spacial score (nSPS) is 13.2. The molecule has 2 aromatic carbocycles. The molecule has 0 radical (unpaired) electrons. The van der Waals surface area contributed by atoms with E-state index >= 15 is 8.78 Å². The SMILES string of the molecule is COc1cc(Cc2cnc(N)nc2N)cc(/C=C\c2c(F)cc3c(=O)c(C(=O)O)cn(C4CC4)c3c2F)c1OC. The van der Waals surface area contributed by atoms with Crippen LogP contribution in [0.4, 0.5) is 20.5 Å². The molecule has 0 spiro atoms. The second kappa shape index (κ2) is 10.3. The maximum Gasteiger partial charge on any atom is 0.341 e. The second-order valence-electron chi connectivity index (χ2n) is 9.37. The molecule has 0 saturated heterocycles. The highest BCUT2D eigenvalue weighted by atomic mass is 19.1. The number of carboxylic acid groups (broad SMARTS) is 1. The van der Waals surface area contributed by atoms with Crippen molar-refractivity contribution in [2.75, 3.05) is 25.7 Å². The molecule has 1 fully saturated rings. The van der Waals surface area contributed by atoms with Gasteiger partial charge in [0.25, 0.3) is 0 Å². The van der Waals surface area contributed by atoms with Crippen molar-refractivity contribution in [2.45, 2.75) is 25.3 Å². The first kappa shape index (κ1) is 26.6. The van der Waals surface area contributed by atoms with Gasteiger partial charge in [-0.25, -0.2) is 18.6 Å². The molecule has 1 saturated carbocycles. The van der Waals surface area contributed by atoms with E-state index in [1.807, 2.05) is 0 Å². The maximum absolute atomic E-state index is 15.9. The molecule has 2 heterocycles. The molecule has 12 heteroatoms. The quantitative estimate of drug-likeness (QED) is 0.276. The molecule has 5 rings (SSSR count). The summed E-state index contributed by atoms with van der Waals surface area (Å²) >= 11 is 0. The molecule has 5 N–H and O–H groups in total. The fourth-order valence-corrected chi connectivity index (χ4v) is 4.64. The van der Waals surface area contributed by atoms with Gasteiger partial charge in [0.15, 0.2) is 17.3 Å². The Hall–Kier alpha value is -5.00. The summed E-state index contributed by atoms with van der Waals surface area (Å²) in [5.74, 6) is -2.49. The van der Waals surface area contributed by atoms with E-state index in [1.54, 1.807) is 12.1 Å². The summed E-state index contributed by atoms with van der Waals surface area (Å²) < 4.78 is 43.5. The molecule has 0 aliphatic heterocycles. The van der Waals surface area contributed by atoms with Gasteiger partial charge in [-0.15, -0.1) is 0 Å². The van der Waals surface area contributed by atoms with Gasteiger partial charge in [0, 0.05) is 41.5 Å². The fraction of sp³-hybridized carbons (Fsp3) is 0.214. The van der Waals surface area contributed by atoms with Gasteiger partial charge in [-0.1, -0.05) is 6.08 Å². The number of hydrogen-bond acceptors (Lipinski definition) is 8. The summed E-state index contributed by atoms with van der Waals surface area (Å²) in [4.78, 5) is 32.3. The largest absolute Gasteiger partial charge is 0.493 e. The number of methoxy groups -OCH3 is 2. The van der Waals surface area contributed by atoms with Gasteiger partial charge in [-0.2, -0.15) is 4.98 Å².